The fourth-order valence-corrected chi connectivity index (χ4v) is 2.09. The van der Waals surface area contributed by atoms with Gasteiger partial charge in [-0.25, -0.2) is 0 Å². The summed E-state index contributed by atoms with van der Waals surface area (Å²) in [6.07, 6.45) is 0.00869. The summed E-state index contributed by atoms with van der Waals surface area (Å²) in [5.74, 6) is -0.590. The first-order valence-corrected chi connectivity index (χ1v) is 6.57. The lowest BCUT2D eigenvalue weighted by Gasteiger charge is -2.27. The molecule has 0 aliphatic carbocycles. The van der Waals surface area contributed by atoms with E-state index in [4.69, 9.17) is 9.84 Å². The summed E-state index contributed by atoms with van der Waals surface area (Å²) in [5.41, 5.74) is 0.802. The second-order valence-electron chi connectivity index (χ2n) is 4.73. The number of benzene rings is 1. The third-order valence-corrected chi connectivity index (χ3v) is 3.19. The maximum atomic E-state index is 11.1. The van der Waals surface area contributed by atoms with E-state index < -0.39 is 6.10 Å². The molecule has 0 amide bonds. The van der Waals surface area contributed by atoms with Gasteiger partial charge >= 0.3 is 5.97 Å². The van der Waals surface area contributed by atoms with Crippen molar-refractivity contribution < 1.29 is 19.7 Å². The first kappa shape index (κ1) is 15.7. The van der Waals surface area contributed by atoms with Crippen molar-refractivity contribution in [3.63, 3.8) is 0 Å². The molecule has 1 aromatic carbocycles. The molecule has 1 aromatic rings. The molecule has 3 unspecified atom stereocenters. The number of esters is 1. The van der Waals surface area contributed by atoms with Crippen molar-refractivity contribution in [2.45, 2.75) is 38.9 Å². The minimum Gasteiger partial charge on any atom is -0.462 e. The van der Waals surface area contributed by atoms with Gasteiger partial charge < -0.3 is 14.9 Å². The summed E-state index contributed by atoms with van der Waals surface area (Å²) in [4.78, 5) is 11.1. The van der Waals surface area contributed by atoms with Crippen LogP contribution in [0.3, 0.4) is 0 Å². The van der Waals surface area contributed by atoms with Crippen molar-refractivity contribution in [2.75, 3.05) is 6.61 Å². The molecule has 0 aromatic heterocycles. The Kier molecular flexibility index (Phi) is 6.53. The van der Waals surface area contributed by atoms with E-state index in [9.17, 15) is 9.90 Å². The summed E-state index contributed by atoms with van der Waals surface area (Å²) < 4.78 is 5.25. The van der Waals surface area contributed by atoms with E-state index >= 15 is 0 Å². The number of hydrogen-bond acceptors (Lipinski definition) is 4. The number of ether oxygens (including phenoxy) is 1. The lowest BCUT2D eigenvalue weighted by Crippen LogP contribution is -2.29. The second kappa shape index (κ2) is 7.92. The normalized spacial score (nSPS) is 15.6. The van der Waals surface area contributed by atoms with Crippen molar-refractivity contribution in [2.24, 2.45) is 5.92 Å². The molecule has 4 heteroatoms. The number of aliphatic hydroxyl groups excluding tert-OH is 2. The fraction of sp³-hybridized carbons (Fsp3) is 0.533. The van der Waals surface area contributed by atoms with Crippen molar-refractivity contribution in [3.8, 4) is 0 Å². The van der Waals surface area contributed by atoms with Gasteiger partial charge in [-0.1, -0.05) is 37.3 Å². The van der Waals surface area contributed by atoms with E-state index in [1.54, 1.807) is 0 Å². The van der Waals surface area contributed by atoms with Gasteiger partial charge in [0.15, 0.2) is 0 Å². The van der Waals surface area contributed by atoms with Gasteiger partial charge in [0.2, 0.25) is 0 Å². The minimum absolute atomic E-state index is 0.0475. The van der Waals surface area contributed by atoms with Crippen LogP contribution < -0.4 is 0 Å². The molecule has 4 nitrogen and oxygen atoms in total. The lowest BCUT2D eigenvalue weighted by atomic mass is 9.90. The summed E-state index contributed by atoms with van der Waals surface area (Å²) in [5, 5.41) is 19.2. The number of carbonyl (C=O) groups excluding carboxylic acids is 1. The molecule has 0 fully saturated rings. The molecule has 106 valence electrons. The molecule has 0 saturated carbocycles. The van der Waals surface area contributed by atoms with E-state index in [0.717, 1.165) is 5.56 Å². The fourth-order valence-electron chi connectivity index (χ4n) is 2.09. The van der Waals surface area contributed by atoms with Gasteiger partial charge in [-0.3, -0.25) is 4.79 Å². The Bertz CT molecular complexity index is 377. The first-order valence-electron chi connectivity index (χ1n) is 6.57. The van der Waals surface area contributed by atoms with E-state index in [1.807, 2.05) is 37.3 Å². The predicted octanol–water partition coefficient (Wildman–Crippen LogP) is 2.06. The van der Waals surface area contributed by atoms with Crippen LogP contribution in [0.25, 0.3) is 0 Å². The highest BCUT2D eigenvalue weighted by atomic mass is 16.5. The summed E-state index contributed by atoms with van der Waals surface area (Å²) in [7, 11) is 0. The van der Waals surface area contributed by atoms with Crippen LogP contribution in [0, 0.1) is 5.92 Å². The smallest absolute Gasteiger partial charge is 0.302 e. The molecule has 0 aliphatic rings. The highest BCUT2D eigenvalue weighted by molar-refractivity contribution is 5.66. The predicted molar refractivity (Wildman–Crippen MR) is 72.4 cm³/mol. The molecule has 0 bridgehead atoms. The van der Waals surface area contributed by atoms with Crippen molar-refractivity contribution in [1.82, 2.24) is 0 Å². The molecular formula is C15H22O4. The molecule has 1 rings (SSSR count). The Hall–Kier alpha value is -1.39. The number of aliphatic hydroxyl groups is 2. The molecule has 0 heterocycles. The van der Waals surface area contributed by atoms with Gasteiger partial charge in [0, 0.05) is 19.4 Å². The Morgan fingerprint density at radius 3 is 2.47 bits per heavy atom. The van der Waals surface area contributed by atoms with Gasteiger partial charge in [-0.15, -0.1) is 0 Å². The zero-order valence-electron chi connectivity index (χ0n) is 11.5. The summed E-state index contributed by atoms with van der Waals surface area (Å²) in [6.45, 7) is 3.25. The second-order valence-corrected chi connectivity index (χ2v) is 4.73. The van der Waals surface area contributed by atoms with Crippen LogP contribution in [0.1, 0.15) is 38.4 Å². The molecule has 0 saturated heterocycles. The number of carbonyl (C=O) groups is 1. The Morgan fingerprint density at radius 1 is 1.32 bits per heavy atom. The zero-order valence-corrected chi connectivity index (χ0v) is 11.5. The lowest BCUT2D eigenvalue weighted by molar-refractivity contribution is -0.151. The van der Waals surface area contributed by atoms with E-state index in [2.05, 4.69) is 0 Å². The Labute approximate surface area is 114 Å². The average Bonchev–Trinajstić information content (AvgIpc) is 2.42. The van der Waals surface area contributed by atoms with E-state index in [-0.39, 0.29) is 24.6 Å². The average molecular weight is 266 g/mol. The van der Waals surface area contributed by atoms with Gasteiger partial charge in [-0.05, 0) is 18.4 Å². The largest absolute Gasteiger partial charge is 0.462 e. The van der Waals surface area contributed by atoms with Gasteiger partial charge in [0.25, 0.3) is 0 Å². The van der Waals surface area contributed by atoms with Crippen LogP contribution in [0.2, 0.25) is 0 Å². The molecular weight excluding hydrogens is 244 g/mol. The topological polar surface area (TPSA) is 66.8 Å². The maximum absolute atomic E-state index is 11.1. The third-order valence-electron chi connectivity index (χ3n) is 3.19. The number of hydrogen-bond donors (Lipinski definition) is 2. The monoisotopic (exact) mass is 266 g/mol. The van der Waals surface area contributed by atoms with Crippen molar-refractivity contribution in [1.29, 1.82) is 0 Å². The van der Waals surface area contributed by atoms with Crippen LogP contribution >= 0.6 is 0 Å². The Balaban J connectivity index is 2.74. The van der Waals surface area contributed by atoms with E-state index in [0.29, 0.717) is 12.8 Å². The van der Waals surface area contributed by atoms with Crippen LogP contribution in [-0.2, 0) is 9.53 Å². The quantitative estimate of drug-likeness (QED) is 0.741. The SMILES string of the molecule is CC(=O)OC(CCCO)C(C)C(O)c1ccccc1. The number of rotatable bonds is 7. The molecule has 0 radical (unpaired) electrons. The molecule has 2 N–H and O–H groups in total. The zero-order chi connectivity index (χ0) is 14.3. The Morgan fingerprint density at radius 2 is 1.95 bits per heavy atom. The molecule has 19 heavy (non-hydrogen) atoms. The van der Waals surface area contributed by atoms with Gasteiger partial charge in [0.05, 0.1) is 6.10 Å². The standard InChI is InChI=1S/C15H22O4/c1-11(14(9-6-10-16)19-12(2)17)15(18)13-7-4-3-5-8-13/h3-5,7-8,11,14-16,18H,6,9-10H2,1-2H3. The van der Waals surface area contributed by atoms with Crippen LogP contribution in [-0.4, -0.2) is 28.9 Å². The molecule has 0 spiro atoms. The maximum Gasteiger partial charge on any atom is 0.302 e. The van der Waals surface area contributed by atoms with Gasteiger partial charge in [-0.2, -0.15) is 0 Å². The van der Waals surface area contributed by atoms with Crippen LogP contribution in [0.5, 0.6) is 0 Å². The highest BCUT2D eigenvalue weighted by Crippen LogP contribution is 2.28. The summed E-state index contributed by atoms with van der Waals surface area (Å²) >= 11 is 0. The molecule has 3 atom stereocenters. The summed E-state index contributed by atoms with van der Waals surface area (Å²) in [6, 6.07) is 9.30. The van der Waals surface area contributed by atoms with Crippen molar-refractivity contribution >= 4 is 5.97 Å². The van der Waals surface area contributed by atoms with Crippen LogP contribution in [0.15, 0.2) is 30.3 Å². The highest BCUT2D eigenvalue weighted by Gasteiger charge is 2.27. The van der Waals surface area contributed by atoms with Gasteiger partial charge in [0.1, 0.15) is 6.10 Å². The minimum atomic E-state index is -0.691. The first-order chi connectivity index (χ1) is 9.06. The molecule has 0 aliphatic heterocycles. The third kappa shape index (κ3) is 5.01. The van der Waals surface area contributed by atoms with Crippen molar-refractivity contribution in [3.05, 3.63) is 35.9 Å². The van der Waals surface area contributed by atoms with Crippen LogP contribution in [0.4, 0.5) is 0 Å². The van der Waals surface area contributed by atoms with E-state index in [1.165, 1.54) is 6.92 Å².